The molecule has 2 aromatic carbocycles. The number of anilines is 1. The number of benzene rings is 2. The molecule has 10 heteroatoms. The van der Waals surface area contributed by atoms with Gasteiger partial charge in [0.15, 0.2) is 0 Å². The number of hydrogen-bond acceptors (Lipinski definition) is 6. The monoisotopic (exact) mass is 472 g/mol. The number of rotatable bonds is 6. The summed E-state index contributed by atoms with van der Waals surface area (Å²) in [7, 11) is 3.31. The molecule has 1 aliphatic heterocycles. The zero-order valence-corrected chi connectivity index (χ0v) is 19.2. The van der Waals surface area contributed by atoms with Gasteiger partial charge in [-0.3, -0.25) is 19.6 Å². The molecule has 0 spiro atoms. The van der Waals surface area contributed by atoms with E-state index in [0.717, 1.165) is 16.8 Å². The first-order valence-electron chi connectivity index (χ1n) is 10.8. The normalized spacial score (nSPS) is 12.9. The summed E-state index contributed by atoms with van der Waals surface area (Å²) in [6.07, 6.45) is 0.284. The number of hydrogen-bond donors (Lipinski definition) is 3. The SMILES string of the molecule is COc1ccc2c(c1)C(=O)N(CC(C#Cc1ccc(-c3cc(N)n(C)n3)cc1)NC(=O)NC=O)C2. The van der Waals surface area contributed by atoms with Crippen LogP contribution < -0.4 is 21.1 Å². The number of methoxy groups -OCH3 is 1. The average Bonchev–Trinajstić information content (AvgIpc) is 3.35. The van der Waals surface area contributed by atoms with E-state index in [0.29, 0.717) is 29.2 Å². The first kappa shape index (κ1) is 23.4. The van der Waals surface area contributed by atoms with E-state index < -0.39 is 12.1 Å². The van der Waals surface area contributed by atoms with Crippen molar-refractivity contribution in [3.63, 3.8) is 0 Å². The molecular formula is C25H24N6O4. The molecule has 10 nitrogen and oxygen atoms in total. The van der Waals surface area contributed by atoms with Gasteiger partial charge < -0.3 is 20.7 Å². The molecule has 0 fully saturated rings. The average molecular weight is 473 g/mol. The summed E-state index contributed by atoms with van der Waals surface area (Å²) in [6.45, 7) is 0.523. The molecule has 4 N–H and O–H groups in total. The van der Waals surface area contributed by atoms with E-state index in [1.54, 1.807) is 41.9 Å². The molecule has 0 bridgehead atoms. The summed E-state index contributed by atoms with van der Waals surface area (Å²) < 4.78 is 6.81. The third-order valence-corrected chi connectivity index (χ3v) is 5.58. The second-order valence-corrected chi connectivity index (χ2v) is 7.92. The van der Waals surface area contributed by atoms with Gasteiger partial charge in [-0.2, -0.15) is 5.10 Å². The van der Waals surface area contributed by atoms with Gasteiger partial charge in [0.1, 0.15) is 17.6 Å². The second kappa shape index (κ2) is 10.0. The van der Waals surface area contributed by atoms with Gasteiger partial charge in [0.2, 0.25) is 6.41 Å². The fourth-order valence-corrected chi connectivity index (χ4v) is 3.73. The first-order valence-corrected chi connectivity index (χ1v) is 10.8. The van der Waals surface area contributed by atoms with E-state index in [1.807, 2.05) is 35.6 Å². The summed E-state index contributed by atoms with van der Waals surface area (Å²) in [5.74, 6) is 7.00. The molecule has 0 saturated heterocycles. The lowest BCUT2D eigenvalue weighted by Crippen LogP contribution is -2.46. The largest absolute Gasteiger partial charge is 0.497 e. The number of aryl methyl sites for hydroxylation is 1. The number of carbonyl (C=O) groups excluding carboxylic acids is 3. The van der Waals surface area contributed by atoms with Gasteiger partial charge >= 0.3 is 6.03 Å². The summed E-state index contributed by atoms with van der Waals surface area (Å²) >= 11 is 0. The van der Waals surface area contributed by atoms with Crippen molar-refractivity contribution in [2.75, 3.05) is 19.4 Å². The van der Waals surface area contributed by atoms with Crippen molar-refractivity contribution in [1.29, 1.82) is 0 Å². The van der Waals surface area contributed by atoms with Crippen molar-refractivity contribution in [1.82, 2.24) is 25.3 Å². The minimum atomic E-state index is -0.717. The van der Waals surface area contributed by atoms with Gasteiger partial charge in [-0.15, -0.1) is 0 Å². The number of nitrogen functional groups attached to an aromatic ring is 1. The maximum absolute atomic E-state index is 12.9. The van der Waals surface area contributed by atoms with Gasteiger partial charge in [-0.05, 0) is 29.8 Å². The Bertz CT molecular complexity index is 1320. The highest BCUT2D eigenvalue weighted by atomic mass is 16.5. The summed E-state index contributed by atoms with van der Waals surface area (Å²) in [6, 6.07) is 13.1. The second-order valence-electron chi connectivity index (χ2n) is 7.92. The molecule has 35 heavy (non-hydrogen) atoms. The number of nitrogens with one attached hydrogen (secondary N) is 2. The van der Waals surface area contributed by atoms with Crippen LogP contribution in [0.4, 0.5) is 10.6 Å². The van der Waals surface area contributed by atoms with Crippen molar-refractivity contribution in [3.05, 3.63) is 65.2 Å². The first-order chi connectivity index (χ1) is 16.9. The molecule has 1 atom stereocenters. The fraction of sp³-hybridized carbons (Fsp3) is 0.200. The predicted octanol–water partition coefficient (Wildman–Crippen LogP) is 1.51. The van der Waals surface area contributed by atoms with E-state index >= 15 is 0 Å². The Labute approximate surface area is 202 Å². The van der Waals surface area contributed by atoms with E-state index in [-0.39, 0.29) is 18.9 Å². The van der Waals surface area contributed by atoms with Crippen LogP contribution in [0.2, 0.25) is 0 Å². The highest BCUT2D eigenvalue weighted by Crippen LogP contribution is 2.26. The number of aromatic nitrogens is 2. The Kier molecular flexibility index (Phi) is 6.69. The van der Waals surface area contributed by atoms with E-state index in [2.05, 4.69) is 22.3 Å². The lowest BCUT2D eigenvalue weighted by molar-refractivity contribution is -0.108. The molecule has 3 aromatic rings. The number of imide groups is 1. The third kappa shape index (κ3) is 5.25. The molecule has 0 saturated carbocycles. The van der Waals surface area contributed by atoms with Gasteiger partial charge in [-0.25, -0.2) is 4.79 Å². The Hall–Kier alpha value is -4.78. The van der Waals surface area contributed by atoms with Crippen LogP contribution in [0.5, 0.6) is 5.75 Å². The van der Waals surface area contributed by atoms with E-state index in [9.17, 15) is 14.4 Å². The van der Waals surface area contributed by atoms with Crippen LogP contribution in [0.1, 0.15) is 21.5 Å². The molecule has 4 rings (SSSR count). The van der Waals surface area contributed by atoms with Crippen LogP contribution in [-0.4, -0.2) is 52.7 Å². The predicted molar refractivity (Wildman–Crippen MR) is 129 cm³/mol. The quantitative estimate of drug-likeness (QED) is 0.368. The zero-order chi connectivity index (χ0) is 24.9. The smallest absolute Gasteiger partial charge is 0.322 e. The van der Waals surface area contributed by atoms with Crippen molar-refractivity contribution in [3.8, 4) is 28.8 Å². The zero-order valence-electron chi connectivity index (χ0n) is 19.2. The number of nitrogens with two attached hydrogens (primary N) is 1. The lowest BCUT2D eigenvalue weighted by Gasteiger charge is -2.21. The van der Waals surface area contributed by atoms with Crippen LogP contribution in [0.15, 0.2) is 48.5 Å². The maximum Gasteiger partial charge on any atom is 0.322 e. The minimum Gasteiger partial charge on any atom is -0.497 e. The van der Waals surface area contributed by atoms with Crippen molar-refractivity contribution < 1.29 is 19.1 Å². The number of amides is 4. The Morgan fingerprint density at radius 2 is 2.03 bits per heavy atom. The van der Waals surface area contributed by atoms with Gasteiger partial charge in [0, 0.05) is 36.3 Å². The van der Waals surface area contributed by atoms with Crippen molar-refractivity contribution >= 4 is 24.2 Å². The minimum absolute atomic E-state index is 0.139. The lowest BCUT2D eigenvalue weighted by atomic mass is 10.1. The molecule has 2 heterocycles. The summed E-state index contributed by atoms with van der Waals surface area (Å²) in [5.41, 5.74) is 9.62. The summed E-state index contributed by atoms with van der Waals surface area (Å²) in [4.78, 5) is 37.1. The van der Waals surface area contributed by atoms with Crippen molar-refractivity contribution in [2.45, 2.75) is 12.6 Å². The number of carbonyl (C=O) groups is 3. The fourth-order valence-electron chi connectivity index (χ4n) is 3.73. The van der Waals surface area contributed by atoms with Crippen molar-refractivity contribution in [2.24, 2.45) is 7.05 Å². The van der Waals surface area contributed by atoms with Gasteiger partial charge in [0.25, 0.3) is 5.91 Å². The molecule has 4 amide bonds. The van der Waals surface area contributed by atoms with Gasteiger partial charge in [0.05, 0.1) is 19.3 Å². The molecule has 1 aliphatic rings. The Morgan fingerprint density at radius 1 is 1.26 bits per heavy atom. The van der Waals surface area contributed by atoms with E-state index in [4.69, 9.17) is 10.5 Å². The molecule has 1 unspecified atom stereocenters. The number of fused-ring (bicyclic) bond motifs is 1. The molecule has 178 valence electrons. The maximum atomic E-state index is 12.9. The highest BCUT2D eigenvalue weighted by Gasteiger charge is 2.29. The van der Waals surface area contributed by atoms with E-state index in [1.165, 1.54) is 0 Å². The highest BCUT2D eigenvalue weighted by molar-refractivity contribution is 5.98. The van der Waals surface area contributed by atoms with Crippen LogP contribution in [0, 0.1) is 11.8 Å². The Balaban J connectivity index is 1.51. The number of nitrogens with zero attached hydrogens (tertiary/aromatic N) is 3. The standard InChI is InChI=1S/C25H24N6O4/c1-30-23(26)12-22(29-30)17-6-3-16(4-7-17)5-9-19(28-25(34)27-15-32)14-31-13-18-8-10-20(35-2)11-21(18)24(31)33/h3-4,6-8,10-12,15,19H,13-14,26H2,1-2H3,(H2,27,28,32,34). The third-order valence-electron chi connectivity index (χ3n) is 5.58. The van der Waals surface area contributed by atoms with Gasteiger partial charge in [-0.1, -0.05) is 30.0 Å². The van der Waals surface area contributed by atoms with Crippen LogP contribution >= 0.6 is 0 Å². The van der Waals surface area contributed by atoms with Crippen LogP contribution in [0.25, 0.3) is 11.3 Å². The van der Waals surface area contributed by atoms with Crippen LogP contribution in [-0.2, 0) is 18.4 Å². The summed E-state index contributed by atoms with van der Waals surface area (Å²) in [5, 5.41) is 9.02. The Morgan fingerprint density at radius 3 is 2.69 bits per heavy atom. The number of urea groups is 1. The molecular weight excluding hydrogens is 448 g/mol. The molecule has 1 aromatic heterocycles. The molecule has 0 aliphatic carbocycles. The topological polar surface area (TPSA) is 132 Å². The molecule has 0 radical (unpaired) electrons. The van der Waals surface area contributed by atoms with Crippen LogP contribution in [0.3, 0.4) is 0 Å². The number of ether oxygens (including phenoxy) is 1.